The number of thioether (sulfide) groups is 1. The molecule has 0 atom stereocenters. The molecule has 0 bridgehead atoms. The summed E-state index contributed by atoms with van der Waals surface area (Å²) in [4.78, 5) is 24.7. The van der Waals surface area contributed by atoms with Crippen molar-refractivity contribution in [2.24, 2.45) is 20.0 Å². The molecule has 0 saturated heterocycles. The number of rotatable bonds is 15. The van der Waals surface area contributed by atoms with E-state index in [-0.39, 0.29) is 11.5 Å². The predicted molar refractivity (Wildman–Crippen MR) is 165 cm³/mol. The number of unbranched alkanes of at least 4 members (excludes halogenated alkanes) is 4. The van der Waals surface area contributed by atoms with Crippen LogP contribution in [0.25, 0.3) is 10.8 Å². The standard InChI is InChI=1S/C31H40N6O3S/c1-22(2)21-40-24-17-15-23(16-18-24)32-29(38)14-8-6-5-7-11-19-41-31-34-33-28(36(31)3)20-27-25-12-9-10-13-26(25)30(39)37(4)35-27/h9-10,12-13,15-18,22H,5-8,11,14,19-21H2,1-4H3,(H,32,38). The fourth-order valence-electron chi connectivity index (χ4n) is 4.48. The Balaban J connectivity index is 1.12. The zero-order chi connectivity index (χ0) is 29.2. The topological polar surface area (TPSA) is 104 Å². The lowest BCUT2D eigenvalue weighted by molar-refractivity contribution is -0.116. The third-order valence-electron chi connectivity index (χ3n) is 6.78. The maximum Gasteiger partial charge on any atom is 0.274 e. The lowest BCUT2D eigenvalue weighted by atomic mass is 10.1. The first kappa shape index (κ1) is 30.3. The molecule has 9 nitrogen and oxygen atoms in total. The number of ether oxygens (including phenoxy) is 1. The molecule has 0 fully saturated rings. The van der Waals surface area contributed by atoms with Crippen molar-refractivity contribution in [2.45, 2.75) is 63.9 Å². The Morgan fingerprint density at radius 1 is 0.951 bits per heavy atom. The molecule has 1 N–H and O–H groups in total. The van der Waals surface area contributed by atoms with Crippen molar-refractivity contribution < 1.29 is 9.53 Å². The number of carbonyl (C=O) groups excluding carboxylic acids is 1. The van der Waals surface area contributed by atoms with Crippen LogP contribution < -0.4 is 15.6 Å². The van der Waals surface area contributed by atoms with Crippen LogP contribution in [0, 0.1) is 5.92 Å². The number of anilines is 1. The molecular weight excluding hydrogens is 536 g/mol. The van der Waals surface area contributed by atoms with Gasteiger partial charge in [0.15, 0.2) is 5.16 Å². The summed E-state index contributed by atoms with van der Waals surface area (Å²) in [5.74, 6) is 3.13. The molecular formula is C31H40N6O3S. The van der Waals surface area contributed by atoms with Crippen LogP contribution in [0.1, 0.15) is 63.9 Å². The van der Waals surface area contributed by atoms with E-state index in [0.717, 1.165) is 71.4 Å². The van der Waals surface area contributed by atoms with E-state index in [4.69, 9.17) is 4.74 Å². The molecule has 0 aliphatic carbocycles. The summed E-state index contributed by atoms with van der Waals surface area (Å²) >= 11 is 1.70. The SMILES string of the molecule is CC(C)COc1ccc(NC(=O)CCCCCCCSc2nnc(Cc3nn(C)c(=O)c4ccccc34)n2C)cc1. The molecule has 0 radical (unpaired) electrons. The molecule has 0 spiro atoms. The molecule has 4 aromatic rings. The van der Waals surface area contributed by atoms with Crippen molar-refractivity contribution in [2.75, 3.05) is 17.7 Å². The van der Waals surface area contributed by atoms with E-state index in [1.807, 2.05) is 60.1 Å². The normalized spacial score (nSPS) is 11.3. The molecule has 2 aromatic carbocycles. The summed E-state index contributed by atoms with van der Waals surface area (Å²) in [6.45, 7) is 4.91. The van der Waals surface area contributed by atoms with Gasteiger partial charge < -0.3 is 14.6 Å². The van der Waals surface area contributed by atoms with Crippen LogP contribution in [0.4, 0.5) is 5.69 Å². The van der Waals surface area contributed by atoms with Crippen LogP contribution in [0.2, 0.25) is 0 Å². The average molecular weight is 577 g/mol. The minimum absolute atomic E-state index is 0.0513. The Morgan fingerprint density at radius 3 is 2.41 bits per heavy atom. The van der Waals surface area contributed by atoms with Crippen LogP contribution >= 0.6 is 11.8 Å². The number of benzene rings is 2. The molecule has 2 heterocycles. The fourth-order valence-corrected chi connectivity index (χ4v) is 5.41. The molecule has 218 valence electrons. The first-order valence-corrected chi connectivity index (χ1v) is 15.3. The Hall–Kier alpha value is -3.66. The molecule has 2 aromatic heterocycles. The smallest absolute Gasteiger partial charge is 0.274 e. The van der Waals surface area contributed by atoms with Crippen molar-refractivity contribution in [1.29, 1.82) is 0 Å². The number of hydrogen-bond acceptors (Lipinski definition) is 7. The Labute approximate surface area is 245 Å². The number of hydrogen-bond donors (Lipinski definition) is 1. The number of aromatic nitrogens is 5. The van der Waals surface area contributed by atoms with Gasteiger partial charge in [0.05, 0.1) is 24.1 Å². The van der Waals surface area contributed by atoms with E-state index in [2.05, 4.69) is 34.5 Å². The highest BCUT2D eigenvalue weighted by molar-refractivity contribution is 7.99. The number of fused-ring (bicyclic) bond motifs is 1. The largest absolute Gasteiger partial charge is 0.493 e. The lowest BCUT2D eigenvalue weighted by Gasteiger charge is -2.10. The number of nitrogens with one attached hydrogen (secondary N) is 1. The summed E-state index contributed by atoms with van der Waals surface area (Å²) in [6.07, 6.45) is 6.25. The zero-order valence-corrected chi connectivity index (χ0v) is 25.2. The van der Waals surface area contributed by atoms with Gasteiger partial charge in [-0.15, -0.1) is 10.2 Å². The number of aryl methyl sites for hydroxylation is 1. The quantitative estimate of drug-likeness (QED) is 0.142. The van der Waals surface area contributed by atoms with E-state index in [1.54, 1.807) is 18.8 Å². The molecule has 0 saturated carbocycles. The van der Waals surface area contributed by atoms with E-state index >= 15 is 0 Å². The predicted octanol–water partition coefficient (Wildman–Crippen LogP) is 5.76. The molecule has 10 heteroatoms. The van der Waals surface area contributed by atoms with E-state index < -0.39 is 0 Å². The molecule has 0 aliphatic rings. The Morgan fingerprint density at radius 2 is 1.66 bits per heavy atom. The third kappa shape index (κ3) is 8.66. The summed E-state index contributed by atoms with van der Waals surface area (Å²) < 4.78 is 9.09. The second kappa shape index (κ2) is 14.8. The second-order valence-electron chi connectivity index (χ2n) is 10.7. The number of carbonyl (C=O) groups is 1. The van der Waals surface area contributed by atoms with Gasteiger partial charge in [-0.2, -0.15) is 5.10 Å². The van der Waals surface area contributed by atoms with Gasteiger partial charge >= 0.3 is 0 Å². The summed E-state index contributed by atoms with van der Waals surface area (Å²) in [7, 11) is 3.65. The van der Waals surface area contributed by atoms with Gasteiger partial charge in [0.25, 0.3) is 5.56 Å². The molecule has 0 aliphatic heterocycles. The maximum absolute atomic E-state index is 12.4. The van der Waals surface area contributed by atoms with Crippen LogP contribution in [0.5, 0.6) is 5.75 Å². The third-order valence-corrected chi connectivity index (χ3v) is 7.89. The first-order chi connectivity index (χ1) is 19.8. The molecule has 4 rings (SSSR count). The van der Waals surface area contributed by atoms with Gasteiger partial charge in [0.1, 0.15) is 11.6 Å². The van der Waals surface area contributed by atoms with Gasteiger partial charge in [-0.25, -0.2) is 4.68 Å². The minimum Gasteiger partial charge on any atom is -0.493 e. The maximum atomic E-state index is 12.4. The summed E-state index contributed by atoms with van der Waals surface area (Å²) in [6, 6.07) is 15.1. The highest BCUT2D eigenvalue weighted by Gasteiger charge is 2.14. The van der Waals surface area contributed by atoms with Crippen LogP contribution in [-0.4, -0.2) is 42.8 Å². The van der Waals surface area contributed by atoms with Crippen molar-refractivity contribution in [3.05, 3.63) is 70.4 Å². The van der Waals surface area contributed by atoms with Crippen molar-refractivity contribution in [1.82, 2.24) is 24.5 Å². The summed E-state index contributed by atoms with van der Waals surface area (Å²) in [5, 5.41) is 18.6. The van der Waals surface area contributed by atoms with Crippen LogP contribution in [0.3, 0.4) is 0 Å². The Bertz CT molecular complexity index is 1500. The Kier molecular flexibility index (Phi) is 11.0. The van der Waals surface area contributed by atoms with Gasteiger partial charge in [-0.1, -0.05) is 63.1 Å². The van der Waals surface area contributed by atoms with E-state index in [9.17, 15) is 9.59 Å². The first-order valence-electron chi connectivity index (χ1n) is 14.3. The van der Waals surface area contributed by atoms with Gasteiger partial charge in [-0.05, 0) is 49.1 Å². The lowest BCUT2D eigenvalue weighted by Crippen LogP contribution is -2.21. The minimum atomic E-state index is -0.101. The number of nitrogens with zero attached hydrogens (tertiary/aromatic N) is 5. The molecule has 41 heavy (non-hydrogen) atoms. The fraction of sp³-hybridized carbons (Fsp3) is 0.452. The summed E-state index contributed by atoms with van der Waals surface area (Å²) in [5.41, 5.74) is 1.51. The van der Waals surface area contributed by atoms with Crippen molar-refractivity contribution >= 4 is 34.1 Å². The van der Waals surface area contributed by atoms with Gasteiger partial charge in [0.2, 0.25) is 5.91 Å². The number of amides is 1. The van der Waals surface area contributed by atoms with Crippen LogP contribution in [-0.2, 0) is 25.3 Å². The monoisotopic (exact) mass is 576 g/mol. The van der Waals surface area contributed by atoms with Crippen molar-refractivity contribution in [3.63, 3.8) is 0 Å². The molecule has 1 amide bonds. The average Bonchev–Trinajstić information content (AvgIpc) is 3.31. The van der Waals surface area contributed by atoms with Gasteiger partial charge in [0, 0.05) is 37.3 Å². The zero-order valence-electron chi connectivity index (χ0n) is 24.4. The van der Waals surface area contributed by atoms with Crippen LogP contribution in [0.15, 0.2) is 58.5 Å². The molecule has 0 unspecified atom stereocenters. The highest BCUT2D eigenvalue weighted by atomic mass is 32.2. The van der Waals surface area contributed by atoms with E-state index in [1.165, 1.54) is 4.68 Å². The van der Waals surface area contributed by atoms with Crippen molar-refractivity contribution in [3.8, 4) is 5.75 Å². The van der Waals surface area contributed by atoms with E-state index in [0.29, 0.717) is 30.8 Å². The second-order valence-corrected chi connectivity index (χ2v) is 11.8. The van der Waals surface area contributed by atoms with Gasteiger partial charge in [-0.3, -0.25) is 9.59 Å². The highest BCUT2D eigenvalue weighted by Crippen LogP contribution is 2.21.